The number of nitrogens with one attached hydrogen (secondary N) is 1. The van der Waals surface area contributed by atoms with Crippen LogP contribution in [0.3, 0.4) is 0 Å². The SMILES string of the molecule is CCCNC(C1=CCCCO1)c1cncnc1. The van der Waals surface area contributed by atoms with Crippen molar-refractivity contribution >= 4 is 0 Å². The molecule has 0 bridgehead atoms. The normalized spacial score (nSPS) is 17.1. The van der Waals surface area contributed by atoms with Crippen molar-refractivity contribution in [2.75, 3.05) is 13.2 Å². The Balaban J connectivity index is 2.15. The Morgan fingerprint density at radius 2 is 2.24 bits per heavy atom. The number of hydrogen-bond acceptors (Lipinski definition) is 4. The van der Waals surface area contributed by atoms with Gasteiger partial charge in [0.25, 0.3) is 0 Å². The molecule has 1 N–H and O–H groups in total. The first-order valence-electron chi connectivity index (χ1n) is 6.23. The van der Waals surface area contributed by atoms with Crippen molar-refractivity contribution in [3.63, 3.8) is 0 Å². The summed E-state index contributed by atoms with van der Waals surface area (Å²) in [7, 11) is 0. The van der Waals surface area contributed by atoms with Crippen molar-refractivity contribution < 1.29 is 4.74 Å². The van der Waals surface area contributed by atoms with Crippen LogP contribution in [0.1, 0.15) is 37.8 Å². The molecule has 17 heavy (non-hydrogen) atoms. The van der Waals surface area contributed by atoms with E-state index in [0.29, 0.717) is 0 Å². The fourth-order valence-corrected chi connectivity index (χ4v) is 1.91. The minimum Gasteiger partial charge on any atom is -0.496 e. The monoisotopic (exact) mass is 233 g/mol. The summed E-state index contributed by atoms with van der Waals surface area (Å²) < 4.78 is 5.73. The highest BCUT2D eigenvalue weighted by atomic mass is 16.5. The molecular weight excluding hydrogens is 214 g/mol. The molecule has 0 saturated heterocycles. The van der Waals surface area contributed by atoms with Crippen LogP contribution >= 0.6 is 0 Å². The summed E-state index contributed by atoms with van der Waals surface area (Å²) in [5.41, 5.74) is 1.06. The molecule has 2 rings (SSSR count). The number of nitrogens with zero attached hydrogens (tertiary/aromatic N) is 2. The first-order valence-corrected chi connectivity index (χ1v) is 6.23. The van der Waals surface area contributed by atoms with Gasteiger partial charge < -0.3 is 10.1 Å². The maximum atomic E-state index is 5.73. The van der Waals surface area contributed by atoms with E-state index in [1.165, 1.54) is 0 Å². The van der Waals surface area contributed by atoms with Gasteiger partial charge in [0.15, 0.2) is 0 Å². The van der Waals surface area contributed by atoms with Gasteiger partial charge in [-0.3, -0.25) is 0 Å². The lowest BCUT2D eigenvalue weighted by Crippen LogP contribution is -2.26. The van der Waals surface area contributed by atoms with E-state index >= 15 is 0 Å². The molecule has 1 aliphatic heterocycles. The number of rotatable bonds is 5. The van der Waals surface area contributed by atoms with Crippen LogP contribution in [-0.4, -0.2) is 23.1 Å². The van der Waals surface area contributed by atoms with Gasteiger partial charge in [-0.25, -0.2) is 9.97 Å². The first-order chi connectivity index (χ1) is 8.42. The van der Waals surface area contributed by atoms with Crippen LogP contribution in [0.15, 0.2) is 30.6 Å². The Morgan fingerprint density at radius 3 is 2.88 bits per heavy atom. The molecule has 0 amide bonds. The molecule has 1 unspecified atom stereocenters. The average Bonchev–Trinajstić information content (AvgIpc) is 2.42. The molecule has 0 radical (unpaired) electrons. The van der Waals surface area contributed by atoms with Gasteiger partial charge in [-0.1, -0.05) is 6.92 Å². The lowest BCUT2D eigenvalue weighted by atomic mass is 10.1. The second kappa shape index (κ2) is 6.35. The van der Waals surface area contributed by atoms with Crippen LogP contribution < -0.4 is 5.32 Å². The van der Waals surface area contributed by atoms with Crippen molar-refractivity contribution in [1.82, 2.24) is 15.3 Å². The second-order valence-corrected chi connectivity index (χ2v) is 4.16. The van der Waals surface area contributed by atoms with Crippen LogP contribution in [0.2, 0.25) is 0 Å². The standard InChI is InChI=1S/C13H19N3O/c1-2-6-16-13(11-8-14-10-15-9-11)12-5-3-4-7-17-12/h5,8-10,13,16H,2-4,6-7H2,1H3. The van der Waals surface area contributed by atoms with E-state index in [2.05, 4.69) is 28.3 Å². The number of hydrogen-bond donors (Lipinski definition) is 1. The van der Waals surface area contributed by atoms with Crippen LogP contribution in [-0.2, 0) is 4.74 Å². The zero-order valence-electron chi connectivity index (χ0n) is 10.2. The summed E-state index contributed by atoms with van der Waals surface area (Å²) in [6, 6.07) is 0.0939. The molecule has 4 heteroatoms. The van der Waals surface area contributed by atoms with Gasteiger partial charge in [-0.05, 0) is 31.9 Å². The van der Waals surface area contributed by atoms with Crippen LogP contribution in [0.25, 0.3) is 0 Å². The van der Waals surface area contributed by atoms with Gasteiger partial charge >= 0.3 is 0 Å². The second-order valence-electron chi connectivity index (χ2n) is 4.16. The van der Waals surface area contributed by atoms with Crippen molar-refractivity contribution in [2.24, 2.45) is 0 Å². The highest BCUT2D eigenvalue weighted by molar-refractivity contribution is 5.21. The molecule has 1 aromatic heterocycles. The largest absolute Gasteiger partial charge is 0.496 e. The van der Waals surface area contributed by atoms with Crippen LogP contribution in [0.4, 0.5) is 0 Å². The van der Waals surface area contributed by atoms with E-state index < -0.39 is 0 Å². The molecule has 0 aliphatic carbocycles. The van der Waals surface area contributed by atoms with Crippen molar-refractivity contribution in [3.05, 3.63) is 36.1 Å². The number of ether oxygens (including phenoxy) is 1. The summed E-state index contributed by atoms with van der Waals surface area (Å²) in [5, 5.41) is 3.48. The Kier molecular flexibility index (Phi) is 4.50. The molecular formula is C13H19N3O. The minimum atomic E-state index is 0.0939. The lowest BCUT2D eigenvalue weighted by Gasteiger charge is -2.24. The molecule has 0 aromatic carbocycles. The zero-order valence-corrected chi connectivity index (χ0v) is 10.2. The highest BCUT2D eigenvalue weighted by Crippen LogP contribution is 2.25. The van der Waals surface area contributed by atoms with Crippen molar-refractivity contribution in [3.8, 4) is 0 Å². The third-order valence-electron chi connectivity index (χ3n) is 2.76. The van der Waals surface area contributed by atoms with E-state index in [1.54, 1.807) is 6.33 Å². The molecule has 0 saturated carbocycles. The Hall–Kier alpha value is -1.42. The van der Waals surface area contributed by atoms with Gasteiger partial charge in [-0.15, -0.1) is 0 Å². The number of allylic oxidation sites excluding steroid dienone is 1. The third-order valence-corrected chi connectivity index (χ3v) is 2.76. The number of aromatic nitrogens is 2. The highest BCUT2D eigenvalue weighted by Gasteiger charge is 2.19. The van der Waals surface area contributed by atoms with E-state index in [0.717, 1.165) is 43.7 Å². The summed E-state index contributed by atoms with van der Waals surface area (Å²) >= 11 is 0. The van der Waals surface area contributed by atoms with Gasteiger partial charge in [0.05, 0.1) is 12.6 Å². The van der Waals surface area contributed by atoms with E-state index in [1.807, 2.05) is 12.4 Å². The average molecular weight is 233 g/mol. The van der Waals surface area contributed by atoms with Gasteiger partial charge in [0.2, 0.25) is 0 Å². The Morgan fingerprint density at radius 1 is 1.41 bits per heavy atom. The summed E-state index contributed by atoms with van der Waals surface area (Å²) in [4.78, 5) is 8.15. The van der Waals surface area contributed by atoms with Gasteiger partial charge in [0.1, 0.15) is 12.1 Å². The topological polar surface area (TPSA) is 47.0 Å². The maximum Gasteiger partial charge on any atom is 0.115 e. The van der Waals surface area contributed by atoms with E-state index in [4.69, 9.17) is 4.74 Å². The summed E-state index contributed by atoms with van der Waals surface area (Å²) in [5.74, 6) is 1.01. The van der Waals surface area contributed by atoms with Crippen molar-refractivity contribution in [1.29, 1.82) is 0 Å². The fraction of sp³-hybridized carbons (Fsp3) is 0.538. The molecule has 1 aliphatic rings. The molecule has 1 aromatic rings. The quantitative estimate of drug-likeness (QED) is 0.847. The van der Waals surface area contributed by atoms with E-state index in [9.17, 15) is 0 Å². The molecule has 2 heterocycles. The Labute approximate surface area is 102 Å². The molecule has 0 fully saturated rings. The Bertz CT molecular complexity index is 364. The predicted octanol–water partition coefficient (Wildman–Crippen LogP) is 2.21. The lowest BCUT2D eigenvalue weighted by molar-refractivity contribution is 0.167. The summed E-state index contributed by atoms with van der Waals surface area (Å²) in [6.07, 6.45) is 10.7. The van der Waals surface area contributed by atoms with Crippen molar-refractivity contribution in [2.45, 2.75) is 32.2 Å². The predicted molar refractivity (Wildman–Crippen MR) is 66.3 cm³/mol. The molecule has 4 nitrogen and oxygen atoms in total. The van der Waals surface area contributed by atoms with Gasteiger partial charge in [-0.2, -0.15) is 0 Å². The van der Waals surface area contributed by atoms with Gasteiger partial charge in [0, 0.05) is 18.0 Å². The smallest absolute Gasteiger partial charge is 0.115 e. The van der Waals surface area contributed by atoms with Crippen LogP contribution in [0.5, 0.6) is 0 Å². The van der Waals surface area contributed by atoms with E-state index in [-0.39, 0.29) is 6.04 Å². The molecule has 1 atom stereocenters. The third kappa shape index (κ3) is 3.27. The zero-order chi connectivity index (χ0) is 11.9. The maximum absolute atomic E-state index is 5.73. The molecule has 0 spiro atoms. The first kappa shape index (κ1) is 12.0. The summed E-state index contributed by atoms with van der Waals surface area (Å²) in [6.45, 7) is 3.92. The molecule has 92 valence electrons. The fourth-order valence-electron chi connectivity index (χ4n) is 1.91. The minimum absolute atomic E-state index is 0.0939. The van der Waals surface area contributed by atoms with Crippen LogP contribution in [0, 0.1) is 0 Å².